The smallest absolute Gasteiger partial charge is 0.344 e. The molecule has 1 rings (SSSR count). The second-order valence-electron chi connectivity index (χ2n) is 4.17. The number of nitro groups is 2. The number of methoxy groups -OCH3 is 1. The molecule has 0 aliphatic heterocycles. The fourth-order valence-corrected chi connectivity index (χ4v) is 1.96. The highest BCUT2D eigenvalue weighted by atomic mass is 16.6. The minimum atomic E-state index is -0.970. The summed E-state index contributed by atoms with van der Waals surface area (Å²) >= 11 is 0. The third-order valence-corrected chi connectivity index (χ3v) is 2.98. The number of likely N-dealkylation sites (N-methyl/N-ethyl adjacent to an activating group) is 1. The van der Waals surface area contributed by atoms with E-state index in [0.717, 1.165) is 19.2 Å². The zero-order valence-corrected chi connectivity index (χ0v) is 12.0. The third-order valence-electron chi connectivity index (χ3n) is 2.98. The van der Waals surface area contributed by atoms with Crippen molar-refractivity contribution in [3.05, 3.63) is 37.9 Å². The van der Waals surface area contributed by atoms with E-state index in [1.807, 2.05) is 0 Å². The molecule has 0 saturated carbocycles. The molecule has 0 saturated heterocycles. The van der Waals surface area contributed by atoms with Crippen LogP contribution in [0.25, 0.3) is 0 Å². The number of anilines is 1. The Bertz CT molecular complexity index is 603. The van der Waals surface area contributed by atoms with Crippen LogP contribution >= 0.6 is 0 Å². The van der Waals surface area contributed by atoms with Gasteiger partial charge in [0.2, 0.25) is 0 Å². The van der Waals surface area contributed by atoms with Gasteiger partial charge in [-0.2, -0.15) is 0 Å². The molecule has 0 spiro atoms. The zero-order chi connectivity index (χ0) is 16.9. The Labute approximate surface area is 125 Å². The largest absolute Gasteiger partial charge is 0.465 e. The molecule has 1 aromatic rings. The van der Waals surface area contributed by atoms with Crippen LogP contribution in [0, 0.1) is 20.2 Å². The number of ether oxygens (including phenoxy) is 1. The van der Waals surface area contributed by atoms with Gasteiger partial charge in [0.15, 0.2) is 0 Å². The van der Waals surface area contributed by atoms with Crippen LogP contribution in [0.4, 0.5) is 17.1 Å². The lowest BCUT2D eigenvalue weighted by Crippen LogP contribution is -2.27. The van der Waals surface area contributed by atoms with E-state index in [1.165, 1.54) is 4.90 Å². The van der Waals surface area contributed by atoms with Crippen LogP contribution in [-0.2, 0) is 4.74 Å². The number of benzene rings is 1. The van der Waals surface area contributed by atoms with Gasteiger partial charge in [-0.25, -0.2) is 4.79 Å². The summed E-state index contributed by atoms with van der Waals surface area (Å²) in [5, 5.41) is 31.2. The Morgan fingerprint density at radius 1 is 1.27 bits per heavy atom. The fraction of sp³-hybridized carbons (Fsp3) is 0.417. The molecular weight excluding hydrogens is 298 g/mol. The van der Waals surface area contributed by atoms with Gasteiger partial charge in [0, 0.05) is 13.1 Å². The summed E-state index contributed by atoms with van der Waals surface area (Å²) in [6, 6.07) is 1.77. The van der Waals surface area contributed by atoms with Crippen molar-refractivity contribution in [2.24, 2.45) is 0 Å². The Balaban J connectivity index is 3.63. The molecule has 0 fully saturated rings. The van der Waals surface area contributed by atoms with Gasteiger partial charge >= 0.3 is 5.97 Å². The van der Waals surface area contributed by atoms with Gasteiger partial charge in [-0.1, -0.05) is 0 Å². The van der Waals surface area contributed by atoms with E-state index in [-0.39, 0.29) is 24.4 Å². The summed E-state index contributed by atoms with van der Waals surface area (Å²) in [6.45, 7) is 1.81. The molecule has 10 heteroatoms. The van der Waals surface area contributed by atoms with E-state index in [0.29, 0.717) is 6.54 Å². The maximum atomic E-state index is 11.7. The number of hydrogen-bond acceptors (Lipinski definition) is 8. The van der Waals surface area contributed by atoms with Crippen molar-refractivity contribution in [1.82, 2.24) is 0 Å². The van der Waals surface area contributed by atoms with Crippen molar-refractivity contribution in [1.29, 1.82) is 0 Å². The Kier molecular flexibility index (Phi) is 5.75. The molecule has 0 amide bonds. The van der Waals surface area contributed by atoms with Gasteiger partial charge in [0.05, 0.1) is 29.6 Å². The van der Waals surface area contributed by atoms with Crippen LogP contribution in [0.5, 0.6) is 0 Å². The number of aliphatic hydroxyl groups excluding tert-OH is 1. The van der Waals surface area contributed by atoms with Gasteiger partial charge in [-0.05, 0) is 13.0 Å². The van der Waals surface area contributed by atoms with Crippen molar-refractivity contribution in [2.45, 2.75) is 6.92 Å². The molecule has 0 aliphatic carbocycles. The van der Waals surface area contributed by atoms with Crippen LogP contribution in [0.2, 0.25) is 0 Å². The number of aliphatic hydroxyl groups is 1. The molecule has 0 bridgehead atoms. The Morgan fingerprint density at radius 3 is 2.27 bits per heavy atom. The molecule has 22 heavy (non-hydrogen) atoms. The highest BCUT2D eigenvalue weighted by Gasteiger charge is 2.30. The number of nitro benzene ring substituents is 2. The lowest BCUT2D eigenvalue weighted by molar-refractivity contribution is -0.393. The fourth-order valence-electron chi connectivity index (χ4n) is 1.96. The SMILES string of the molecule is CCN(CCO)c1cc(C(=O)OC)c([N+](=O)[O-])cc1[N+](=O)[O-]. The monoisotopic (exact) mass is 313 g/mol. The predicted molar refractivity (Wildman–Crippen MR) is 76.1 cm³/mol. The highest BCUT2D eigenvalue weighted by molar-refractivity contribution is 5.96. The second kappa shape index (κ2) is 7.31. The van der Waals surface area contributed by atoms with Crippen LogP contribution < -0.4 is 4.90 Å². The molecule has 1 N–H and O–H groups in total. The van der Waals surface area contributed by atoms with Crippen molar-refractivity contribution in [3.63, 3.8) is 0 Å². The first-order chi connectivity index (χ1) is 10.4. The zero-order valence-electron chi connectivity index (χ0n) is 12.0. The average molecular weight is 313 g/mol. The molecule has 1 aromatic carbocycles. The van der Waals surface area contributed by atoms with Crippen LogP contribution in [0.3, 0.4) is 0 Å². The van der Waals surface area contributed by atoms with Crippen molar-refractivity contribution >= 4 is 23.0 Å². The van der Waals surface area contributed by atoms with Gasteiger partial charge in [-0.3, -0.25) is 20.2 Å². The van der Waals surface area contributed by atoms with E-state index < -0.39 is 27.2 Å². The first-order valence-corrected chi connectivity index (χ1v) is 6.28. The summed E-state index contributed by atoms with van der Waals surface area (Å²) in [6.07, 6.45) is 0. The lowest BCUT2D eigenvalue weighted by atomic mass is 10.1. The maximum absolute atomic E-state index is 11.7. The summed E-state index contributed by atoms with van der Waals surface area (Å²) in [5.41, 5.74) is -1.60. The van der Waals surface area contributed by atoms with Crippen LogP contribution in [0.15, 0.2) is 12.1 Å². The first kappa shape index (κ1) is 17.3. The number of carbonyl (C=O) groups excluding carboxylic acids is 1. The minimum absolute atomic E-state index is 0.00699. The summed E-state index contributed by atoms with van der Waals surface area (Å²) in [4.78, 5) is 33.6. The minimum Gasteiger partial charge on any atom is -0.465 e. The van der Waals surface area contributed by atoms with Crippen molar-refractivity contribution in [2.75, 3.05) is 31.7 Å². The number of esters is 1. The van der Waals surface area contributed by atoms with E-state index in [1.54, 1.807) is 6.92 Å². The van der Waals surface area contributed by atoms with Gasteiger partial charge in [0.1, 0.15) is 11.3 Å². The summed E-state index contributed by atoms with van der Waals surface area (Å²) in [7, 11) is 1.05. The van der Waals surface area contributed by atoms with Gasteiger partial charge in [-0.15, -0.1) is 0 Å². The number of carbonyl (C=O) groups is 1. The molecule has 120 valence electrons. The number of rotatable bonds is 7. The van der Waals surface area contributed by atoms with Crippen molar-refractivity contribution in [3.8, 4) is 0 Å². The lowest BCUT2D eigenvalue weighted by Gasteiger charge is -2.22. The molecular formula is C12H15N3O7. The molecule has 0 aliphatic rings. The normalized spacial score (nSPS) is 10.1. The first-order valence-electron chi connectivity index (χ1n) is 6.28. The number of hydrogen-bond donors (Lipinski definition) is 1. The van der Waals surface area contributed by atoms with Crippen LogP contribution in [0.1, 0.15) is 17.3 Å². The quantitative estimate of drug-likeness (QED) is 0.449. The molecule has 10 nitrogen and oxygen atoms in total. The summed E-state index contributed by atoms with van der Waals surface area (Å²) < 4.78 is 4.47. The predicted octanol–water partition coefficient (Wildman–Crippen LogP) is 1.11. The van der Waals surface area contributed by atoms with Gasteiger partial charge < -0.3 is 14.7 Å². The third kappa shape index (κ3) is 3.47. The molecule has 0 unspecified atom stereocenters. The second-order valence-corrected chi connectivity index (χ2v) is 4.17. The van der Waals surface area contributed by atoms with Gasteiger partial charge in [0.25, 0.3) is 11.4 Å². The molecule has 0 atom stereocenters. The summed E-state index contributed by atoms with van der Waals surface area (Å²) in [5.74, 6) is -0.970. The Hall–Kier alpha value is -2.75. The van der Waals surface area contributed by atoms with E-state index in [4.69, 9.17) is 5.11 Å². The van der Waals surface area contributed by atoms with Crippen LogP contribution in [-0.4, -0.2) is 47.7 Å². The standard InChI is InChI=1S/C12H15N3O7/c1-3-13(4-5-16)10-6-8(12(17)22-2)9(14(18)19)7-11(10)15(20)21/h6-7,16H,3-5H2,1-2H3. The van der Waals surface area contributed by atoms with E-state index >= 15 is 0 Å². The molecule has 0 radical (unpaired) electrons. The van der Waals surface area contributed by atoms with E-state index in [9.17, 15) is 25.0 Å². The van der Waals surface area contributed by atoms with E-state index in [2.05, 4.69) is 4.74 Å². The topological polar surface area (TPSA) is 136 Å². The highest BCUT2D eigenvalue weighted by Crippen LogP contribution is 2.35. The Morgan fingerprint density at radius 2 is 1.86 bits per heavy atom. The van der Waals surface area contributed by atoms with Crippen molar-refractivity contribution < 1.29 is 24.5 Å². The molecule has 0 aromatic heterocycles. The average Bonchev–Trinajstić information content (AvgIpc) is 2.50. The number of nitrogens with zero attached hydrogens (tertiary/aromatic N) is 3. The molecule has 0 heterocycles. The maximum Gasteiger partial charge on any atom is 0.344 e.